The molecule has 0 saturated heterocycles. The van der Waals surface area contributed by atoms with Crippen molar-refractivity contribution in [1.29, 1.82) is 0 Å². The molecule has 0 aromatic heterocycles. The van der Waals surface area contributed by atoms with E-state index < -0.39 is 7.12 Å². The summed E-state index contributed by atoms with van der Waals surface area (Å²) in [6.07, 6.45) is 5.82. The van der Waals surface area contributed by atoms with Gasteiger partial charge in [0.05, 0.1) is 0 Å². The minimum Gasteiger partial charge on any atom is -0.427 e. The van der Waals surface area contributed by atoms with E-state index in [1.165, 1.54) is 0 Å². The number of unbranched alkanes of at least 4 members (excludes halogenated alkanes) is 1. The molecule has 2 N–H and O–H groups in total. The first kappa shape index (κ1) is 10.0. The lowest BCUT2D eigenvalue weighted by Gasteiger charge is -1.89. The van der Waals surface area contributed by atoms with Crippen LogP contribution in [0.4, 0.5) is 0 Å². The van der Waals surface area contributed by atoms with Crippen LogP contribution in [-0.4, -0.2) is 23.0 Å². The van der Waals surface area contributed by atoms with E-state index in [1.807, 2.05) is 6.08 Å². The molecule has 0 heterocycles. The highest BCUT2D eigenvalue weighted by molar-refractivity contribution is 6.41. The van der Waals surface area contributed by atoms with Gasteiger partial charge in [-0.15, -0.1) is 11.6 Å². The molecule has 10 heavy (non-hydrogen) atoms. The molecule has 0 saturated carbocycles. The van der Waals surface area contributed by atoms with Gasteiger partial charge in [0.25, 0.3) is 0 Å². The zero-order valence-corrected chi connectivity index (χ0v) is 6.59. The third kappa shape index (κ3) is 8.01. The summed E-state index contributed by atoms with van der Waals surface area (Å²) in [6, 6.07) is 0. The Labute approximate surface area is 66.7 Å². The van der Waals surface area contributed by atoms with Crippen molar-refractivity contribution in [1.82, 2.24) is 0 Å². The minimum atomic E-state index is -1.22. The maximum atomic E-state index is 8.39. The molecule has 0 aromatic rings. The van der Waals surface area contributed by atoms with Crippen LogP contribution in [0.25, 0.3) is 0 Å². The number of hydrogen-bond donors (Lipinski definition) is 2. The van der Waals surface area contributed by atoms with Gasteiger partial charge in [0, 0.05) is 5.88 Å². The Balaban J connectivity index is 3.04. The highest BCUT2D eigenvalue weighted by Crippen LogP contribution is 1.95. The van der Waals surface area contributed by atoms with E-state index >= 15 is 0 Å². The molecular weight excluding hydrogens is 150 g/mol. The fourth-order valence-corrected chi connectivity index (χ4v) is 0.685. The summed E-state index contributed by atoms with van der Waals surface area (Å²) in [5.74, 6) is 0.659. The number of halogens is 1. The molecule has 0 spiro atoms. The Morgan fingerprint density at radius 3 is 2.50 bits per heavy atom. The summed E-state index contributed by atoms with van der Waals surface area (Å²) in [5, 5.41) is 16.8. The largest absolute Gasteiger partial charge is 0.455 e. The molecule has 0 unspecified atom stereocenters. The van der Waals surface area contributed by atoms with E-state index in [0.29, 0.717) is 12.2 Å². The van der Waals surface area contributed by atoms with E-state index in [-0.39, 0.29) is 0 Å². The molecule has 0 amide bonds. The van der Waals surface area contributed by atoms with Gasteiger partial charge in [0.1, 0.15) is 0 Å². The van der Waals surface area contributed by atoms with Crippen LogP contribution in [0, 0.1) is 0 Å². The molecule has 0 fully saturated rings. The van der Waals surface area contributed by atoms with Crippen LogP contribution in [0.5, 0.6) is 0 Å². The predicted molar refractivity (Wildman–Crippen MR) is 44.1 cm³/mol. The first-order valence-corrected chi connectivity index (χ1v) is 3.88. The number of allylic oxidation sites excluding steroid dienone is 2. The first-order valence-electron chi connectivity index (χ1n) is 3.34. The van der Waals surface area contributed by atoms with Crippen molar-refractivity contribution in [3.8, 4) is 0 Å². The lowest BCUT2D eigenvalue weighted by Crippen LogP contribution is -2.07. The summed E-state index contributed by atoms with van der Waals surface area (Å²) in [5.41, 5.74) is 0. The van der Waals surface area contributed by atoms with Gasteiger partial charge in [-0.05, 0) is 19.2 Å². The van der Waals surface area contributed by atoms with Gasteiger partial charge in [-0.2, -0.15) is 0 Å². The number of rotatable bonds is 5. The van der Waals surface area contributed by atoms with Crippen molar-refractivity contribution in [3.05, 3.63) is 12.2 Å². The lowest BCUT2D eigenvalue weighted by molar-refractivity contribution is 0.411. The smallest absolute Gasteiger partial charge is 0.427 e. The van der Waals surface area contributed by atoms with Gasteiger partial charge in [-0.1, -0.05) is 12.2 Å². The average Bonchev–Trinajstić information content (AvgIpc) is 1.87. The fraction of sp³-hybridized carbons (Fsp3) is 0.667. The van der Waals surface area contributed by atoms with E-state index in [9.17, 15) is 0 Å². The van der Waals surface area contributed by atoms with Crippen molar-refractivity contribution in [2.24, 2.45) is 0 Å². The topological polar surface area (TPSA) is 40.5 Å². The van der Waals surface area contributed by atoms with E-state index in [0.717, 1.165) is 12.8 Å². The third-order valence-electron chi connectivity index (χ3n) is 1.02. The average molecular weight is 162 g/mol. The Morgan fingerprint density at radius 1 is 1.30 bits per heavy atom. The highest BCUT2D eigenvalue weighted by atomic mass is 35.5. The Bertz CT molecular complexity index is 95.7. The minimum absolute atomic E-state index is 0.308. The normalized spacial score (nSPS) is 10.7. The van der Waals surface area contributed by atoms with Crippen LogP contribution >= 0.6 is 11.6 Å². The summed E-state index contributed by atoms with van der Waals surface area (Å²) < 4.78 is 0. The second kappa shape index (κ2) is 7.13. The van der Waals surface area contributed by atoms with Crippen molar-refractivity contribution in [2.45, 2.75) is 19.2 Å². The molecule has 2 nitrogen and oxygen atoms in total. The summed E-state index contributed by atoms with van der Waals surface area (Å²) in [4.78, 5) is 0. The molecule has 0 bridgehead atoms. The van der Waals surface area contributed by atoms with Gasteiger partial charge in [0.2, 0.25) is 0 Å². The van der Waals surface area contributed by atoms with Crippen LogP contribution in [-0.2, 0) is 0 Å². The van der Waals surface area contributed by atoms with Crippen LogP contribution < -0.4 is 0 Å². The zero-order valence-electron chi connectivity index (χ0n) is 5.83. The molecule has 0 aromatic carbocycles. The Kier molecular flexibility index (Phi) is 7.14. The van der Waals surface area contributed by atoms with Crippen LogP contribution in [0.2, 0.25) is 6.32 Å². The van der Waals surface area contributed by atoms with Crippen molar-refractivity contribution in [3.63, 3.8) is 0 Å². The quantitative estimate of drug-likeness (QED) is 0.274. The third-order valence-corrected chi connectivity index (χ3v) is 1.29. The highest BCUT2D eigenvalue weighted by Gasteiger charge is 2.00. The summed E-state index contributed by atoms with van der Waals surface area (Å²) in [7, 11) is -1.22. The Morgan fingerprint density at radius 2 is 2.00 bits per heavy atom. The van der Waals surface area contributed by atoms with Crippen molar-refractivity contribution in [2.75, 3.05) is 5.88 Å². The summed E-state index contributed by atoms with van der Waals surface area (Å²) in [6.45, 7) is 0. The van der Waals surface area contributed by atoms with Gasteiger partial charge in [-0.3, -0.25) is 0 Å². The molecule has 0 rings (SSSR count). The molecular formula is C6H12BClO2. The van der Waals surface area contributed by atoms with Gasteiger partial charge < -0.3 is 10.0 Å². The van der Waals surface area contributed by atoms with Crippen LogP contribution in [0.15, 0.2) is 12.2 Å². The second-order valence-corrected chi connectivity index (χ2v) is 2.40. The lowest BCUT2D eigenvalue weighted by atomic mass is 9.86. The predicted octanol–water partition coefficient (Wildman–Crippen LogP) is 1.03. The molecule has 0 aliphatic rings. The molecule has 0 aliphatic carbocycles. The second-order valence-electron chi connectivity index (χ2n) is 2.02. The van der Waals surface area contributed by atoms with Crippen LogP contribution in [0.3, 0.4) is 0 Å². The van der Waals surface area contributed by atoms with Gasteiger partial charge in [-0.25, -0.2) is 0 Å². The maximum Gasteiger partial charge on any atom is 0.455 e. The van der Waals surface area contributed by atoms with Crippen LogP contribution in [0.1, 0.15) is 12.8 Å². The zero-order chi connectivity index (χ0) is 7.82. The van der Waals surface area contributed by atoms with Crippen molar-refractivity contribution < 1.29 is 10.0 Å². The monoisotopic (exact) mass is 162 g/mol. The Hall–Kier alpha value is 0.0149. The van der Waals surface area contributed by atoms with E-state index in [1.54, 1.807) is 6.08 Å². The first-order chi connectivity index (χ1) is 4.77. The van der Waals surface area contributed by atoms with E-state index in [2.05, 4.69) is 0 Å². The molecule has 0 aliphatic heterocycles. The molecule has 4 heteroatoms. The molecule has 58 valence electrons. The molecule has 0 atom stereocenters. The molecule has 0 radical (unpaired) electrons. The number of alkyl halides is 1. The standard InChI is InChI=1S/C6H12BClO2/c8-6-4-2-1-3-5-7(9)10/h1,3,9-10H,2,4-6H2/b3-1+. The summed E-state index contributed by atoms with van der Waals surface area (Å²) >= 11 is 5.41. The SMILES string of the molecule is OB(O)C/C=C/CCCCl. The number of hydrogen-bond acceptors (Lipinski definition) is 2. The fourth-order valence-electron chi connectivity index (χ4n) is 0.531. The van der Waals surface area contributed by atoms with E-state index in [4.69, 9.17) is 21.6 Å². The van der Waals surface area contributed by atoms with Crippen molar-refractivity contribution >= 4 is 18.7 Å². The van der Waals surface area contributed by atoms with Gasteiger partial charge >= 0.3 is 7.12 Å². The maximum absolute atomic E-state index is 8.39. The van der Waals surface area contributed by atoms with Gasteiger partial charge in [0.15, 0.2) is 0 Å².